The Labute approximate surface area is 162 Å². The van der Waals surface area contributed by atoms with Gasteiger partial charge in [-0.15, -0.1) is 0 Å². The Hall–Kier alpha value is -2.34. The molecule has 0 aliphatic heterocycles. The fourth-order valence-electron chi connectivity index (χ4n) is 2.29. The average molecular weight is 389 g/mol. The summed E-state index contributed by atoms with van der Waals surface area (Å²) >= 11 is 0. The first-order chi connectivity index (χ1) is 12.3. The largest absolute Gasteiger partial charge is 0.326 e. The van der Waals surface area contributed by atoms with E-state index in [-0.39, 0.29) is 16.2 Å². The van der Waals surface area contributed by atoms with Crippen molar-refractivity contribution in [3.63, 3.8) is 0 Å². The minimum absolute atomic E-state index is 0.0387. The first-order valence-electron chi connectivity index (χ1n) is 8.84. The fraction of sp³-hybridized carbons (Fsp3) is 0.381. The standard InChI is InChI=1S/C21H28N2O3S/c1-20(2,3)15-7-13-18(14-8-15)27(25,26)23-17-11-9-16(10-12-17)22-19(24)21(4,5)6/h7-14,23H,1-6H3,(H,22,24). The minimum atomic E-state index is -3.67. The van der Waals surface area contributed by atoms with Crippen LogP contribution in [0.3, 0.4) is 0 Å². The molecular weight excluding hydrogens is 360 g/mol. The van der Waals surface area contributed by atoms with Crippen molar-refractivity contribution in [2.75, 3.05) is 10.0 Å². The van der Waals surface area contributed by atoms with E-state index in [1.54, 1.807) is 36.4 Å². The molecule has 0 heterocycles. The Bertz CT molecular complexity index is 902. The highest BCUT2D eigenvalue weighted by Gasteiger charge is 2.21. The van der Waals surface area contributed by atoms with Crippen molar-refractivity contribution >= 4 is 27.3 Å². The van der Waals surface area contributed by atoms with Crippen LogP contribution in [0, 0.1) is 5.41 Å². The Morgan fingerprint density at radius 2 is 1.26 bits per heavy atom. The lowest BCUT2D eigenvalue weighted by Crippen LogP contribution is -2.27. The van der Waals surface area contributed by atoms with E-state index >= 15 is 0 Å². The summed E-state index contributed by atoms with van der Waals surface area (Å²) in [6.07, 6.45) is 0. The van der Waals surface area contributed by atoms with Crippen molar-refractivity contribution in [3.05, 3.63) is 54.1 Å². The van der Waals surface area contributed by atoms with Gasteiger partial charge in [0.1, 0.15) is 0 Å². The SMILES string of the molecule is CC(C)(C)C(=O)Nc1ccc(NS(=O)(=O)c2ccc(C(C)(C)C)cc2)cc1. The van der Waals surface area contributed by atoms with E-state index < -0.39 is 15.4 Å². The molecule has 0 bridgehead atoms. The zero-order valence-electron chi connectivity index (χ0n) is 16.8. The number of sulfonamides is 1. The molecule has 2 aromatic carbocycles. The van der Waals surface area contributed by atoms with E-state index in [2.05, 4.69) is 30.8 Å². The van der Waals surface area contributed by atoms with E-state index in [0.717, 1.165) is 5.56 Å². The Morgan fingerprint density at radius 3 is 1.70 bits per heavy atom. The molecule has 6 heteroatoms. The number of rotatable bonds is 4. The number of hydrogen-bond acceptors (Lipinski definition) is 3. The van der Waals surface area contributed by atoms with Crippen LogP contribution >= 0.6 is 0 Å². The molecule has 1 amide bonds. The summed E-state index contributed by atoms with van der Waals surface area (Å²) in [7, 11) is -3.67. The van der Waals surface area contributed by atoms with Crippen LogP contribution < -0.4 is 10.0 Å². The third-order valence-electron chi connectivity index (χ3n) is 4.11. The van der Waals surface area contributed by atoms with Gasteiger partial charge in [-0.3, -0.25) is 9.52 Å². The highest BCUT2D eigenvalue weighted by molar-refractivity contribution is 7.92. The van der Waals surface area contributed by atoms with E-state index in [0.29, 0.717) is 11.4 Å². The summed E-state index contributed by atoms with van der Waals surface area (Å²) in [5, 5.41) is 2.81. The lowest BCUT2D eigenvalue weighted by atomic mass is 9.87. The van der Waals surface area contributed by atoms with Gasteiger partial charge in [0.2, 0.25) is 5.91 Å². The van der Waals surface area contributed by atoms with Crippen LogP contribution in [0.2, 0.25) is 0 Å². The van der Waals surface area contributed by atoms with Crippen LogP contribution in [-0.4, -0.2) is 14.3 Å². The topological polar surface area (TPSA) is 75.3 Å². The molecule has 0 unspecified atom stereocenters. The maximum Gasteiger partial charge on any atom is 0.261 e. The lowest BCUT2D eigenvalue weighted by Gasteiger charge is -2.19. The van der Waals surface area contributed by atoms with Crippen LogP contribution in [0.25, 0.3) is 0 Å². The maximum atomic E-state index is 12.6. The van der Waals surface area contributed by atoms with E-state index in [4.69, 9.17) is 0 Å². The van der Waals surface area contributed by atoms with Crippen LogP contribution in [-0.2, 0) is 20.2 Å². The number of anilines is 2. The molecule has 27 heavy (non-hydrogen) atoms. The van der Waals surface area contributed by atoms with Crippen LogP contribution in [0.1, 0.15) is 47.1 Å². The molecule has 2 N–H and O–H groups in total. The van der Waals surface area contributed by atoms with Gasteiger partial charge in [-0.05, 0) is 47.4 Å². The van der Waals surface area contributed by atoms with Gasteiger partial charge in [0.15, 0.2) is 0 Å². The highest BCUT2D eigenvalue weighted by Crippen LogP contribution is 2.25. The average Bonchev–Trinajstić information content (AvgIpc) is 2.55. The summed E-state index contributed by atoms with van der Waals surface area (Å²) in [6.45, 7) is 11.7. The number of hydrogen-bond donors (Lipinski definition) is 2. The van der Waals surface area contributed by atoms with Crippen LogP contribution in [0.15, 0.2) is 53.4 Å². The molecule has 0 fully saturated rings. The third kappa shape index (κ3) is 5.57. The molecule has 0 spiro atoms. The summed E-state index contributed by atoms with van der Waals surface area (Å²) < 4.78 is 27.7. The van der Waals surface area contributed by atoms with Gasteiger partial charge < -0.3 is 5.32 Å². The number of nitrogens with one attached hydrogen (secondary N) is 2. The molecule has 0 atom stereocenters. The Morgan fingerprint density at radius 1 is 0.778 bits per heavy atom. The van der Waals surface area contributed by atoms with E-state index in [1.807, 2.05) is 32.9 Å². The molecule has 2 rings (SSSR count). The monoisotopic (exact) mass is 388 g/mol. The third-order valence-corrected chi connectivity index (χ3v) is 5.50. The van der Waals surface area contributed by atoms with Gasteiger partial charge in [0.25, 0.3) is 10.0 Å². The zero-order chi connectivity index (χ0) is 20.5. The molecule has 2 aromatic rings. The fourth-order valence-corrected chi connectivity index (χ4v) is 3.35. The van der Waals surface area contributed by atoms with Crippen LogP contribution in [0.4, 0.5) is 11.4 Å². The molecule has 0 saturated carbocycles. The normalized spacial score (nSPS) is 12.5. The smallest absolute Gasteiger partial charge is 0.261 e. The maximum absolute atomic E-state index is 12.6. The molecule has 0 saturated heterocycles. The molecular formula is C21H28N2O3S. The van der Waals surface area contributed by atoms with E-state index in [9.17, 15) is 13.2 Å². The van der Waals surface area contributed by atoms with Crippen molar-refractivity contribution in [1.82, 2.24) is 0 Å². The first kappa shape index (κ1) is 21.0. The first-order valence-corrected chi connectivity index (χ1v) is 10.3. The predicted molar refractivity (Wildman–Crippen MR) is 110 cm³/mol. The van der Waals surface area contributed by atoms with Crippen molar-refractivity contribution in [2.24, 2.45) is 5.41 Å². The van der Waals surface area contributed by atoms with Gasteiger partial charge in [0.05, 0.1) is 4.90 Å². The molecule has 0 aromatic heterocycles. The molecule has 146 valence electrons. The van der Waals surface area contributed by atoms with Crippen molar-refractivity contribution in [1.29, 1.82) is 0 Å². The molecule has 0 aliphatic carbocycles. The quantitative estimate of drug-likeness (QED) is 0.792. The van der Waals surface area contributed by atoms with Crippen molar-refractivity contribution in [2.45, 2.75) is 51.9 Å². The Balaban J connectivity index is 2.13. The number of amides is 1. The summed E-state index contributed by atoms with van der Waals surface area (Å²) in [5.74, 6) is -0.102. The number of carbonyl (C=O) groups is 1. The van der Waals surface area contributed by atoms with Gasteiger partial charge in [-0.1, -0.05) is 53.7 Å². The second-order valence-electron chi connectivity index (χ2n) is 8.66. The summed E-state index contributed by atoms with van der Waals surface area (Å²) in [4.78, 5) is 12.2. The highest BCUT2D eigenvalue weighted by atomic mass is 32.2. The number of benzene rings is 2. The molecule has 0 aliphatic rings. The van der Waals surface area contributed by atoms with Crippen molar-refractivity contribution < 1.29 is 13.2 Å². The van der Waals surface area contributed by atoms with Gasteiger partial charge in [-0.2, -0.15) is 0 Å². The Kier molecular flexibility index (Phi) is 5.71. The van der Waals surface area contributed by atoms with Gasteiger partial charge >= 0.3 is 0 Å². The second-order valence-corrected chi connectivity index (χ2v) is 10.3. The van der Waals surface area contributed by atoms with E-state index in [1.165, 1.54) is 0 Å². The number of carbonyl (C=O) groups excluding carboxylic acids is 1. The second kappa shape index (κ2) is 7.35. The summed E-state index contributed by atoms with van der Waals surface area (Å²) in [6, 6.07) is 13.5. The molecule has 5 nitrogen and oxygen atoms in total. The van der Waals surface area contributed by atoms with Gasteiger partial charge in [-0.25, -0.2) is 8.42 Å². The molecule has 0 radical (unpaired) electrons. The predicted octanol–water partition coefficient (Wildman–Crippen LogP) is 4.77. The van der Waals surface area contributed by atoms with Gasteiger partial charge in [0, 0.05) is 16.8 Å². The summed E-state index contributed by atoms with van der Waals surface area (Å²) in [5.41, 5.74) is 1.58. The minimum Gasteiger partial charge on any atom is -0.326 e. The lowest BCUT2D eigenvalue weighted by molar-refractivity contribution is -0.123. The van der Waals surface area contributed by atoms with Crippen LogP contribution in [0.5, 0.6) is 0 Å². The van der Waals surface area contributed by atoms with Crippen molar-refractivity contribution in [3.8, 4) is 0 Å². The zero-order valence-corrected chi connectivity index (χ0v) is 17.6.